The first-order valence-corrected chi connectivity index (χ1v) is 8.30. The van der Waals surface area contributed by atoms with Crippen LogP contribution in [0.3, 0.4) is 0 Å². The van der Waals surface area contributed by atoms with Crippen LogP contribution in [0.5, 0.6) is 0 Å². The molecule has 0 aromatic heterocycles. The van der Waals surface area contributed by atoms with Gasteiger partial charge in [0.15, 0.2) is 0 Å². The van der Waals surface area contributed by atoms with Gasteiger partial charge in [-0.2, -0.15) is 11.8 Å². The summed E-state index contributed by atoms with van der Waals surface area (Å²) in [4.78, 5) is 2.38. The maximum absolute atomic E-state index is 3.54. The molecule has 0 unspecified atom stereocenters. The highest BCUT2D eigenvalue weighted by molar-refractivity contribution is 7.98. The molecule has 0 aliphatic heterocycles. The molecule has 0 aliphatic carbocycles. The topological polar surface area (TPSA) is 15.3 Å². The smallest absolute Gasteiger partial charge is 0.0231 e. The van der Waals surface area contributed by atoms with Gasteiger partial charge in [0.25, 0.3) is 0 Å². The summed E-state index contributed by atoms with van der Waals surface area (Å²) in [5.74, 6) is 1.20. The van der Waals surface area contributed by atoms with E-state index < -0.39 is 0 Å². The quantitative estimate of drug-likeness (QED) is 0.824. The predicted molar refractivity (Wildman–Crippen MR) is 87.8 cm³/mol. The molecule has 0 saturated heterocycles. The van der Waals surface area contributed by atoms with Gasteiger partial charge in [-0.25, -0.2) is 0 Å². The molecule has 0 bridgehead atoms. The van der Waals surface area contributed by atoms with Crippen molar-refractivity contribution in [1.29, 1.82) is 0 Å². The first-order chi connectivity index (χ1) is 8.90. The summed E-state index contributed by atoms with van der Waals surface area (Å²) in [5.41, 5.74) is 2.94. The Bertz CT molecular complexity index is 371. The first-order valence-electron chi connectivity index (χ1n) is 6.91. The van der Waals surface area contributed by atoms with Crippen LogP contribution in [0.15, 0.2) is 24.3 Å². The molecule has 19 heavy (non-hydrogen) atoms. The third kappa shape index (κ3) is 7.61. The highest BCUT2D eigenvalue weighted by Crippen LogP contribution is 2.10. The Balaban J connectivity index is 2.52. The van der Waals surface area contributed by atoms with Gasteiger partial charge in [-0.1, -0.05) is 24.3 Å². The summed E-state index contributed by atoms with van der Waals surface area (Å²) in [6, 6.07) is 8.89. The van der Waals surface area contributed by atoms with E-state index in [1.165, 1.54) is 16.9 Å². The number of rotatable bonds is 7. The molecule has 108 valence electrons. The van der Waals surface area contributed by atoms with Crippen LogP contribution < -0.4 is 5.32 Å². The lowest BCUT2D eigenvalue weighted by Gasteiger charge is -2.21. The maximum atomic E-state index is 3.54. The highest BCUT2D eigenvalue weighted by atomic mass is 32.2. The number of nitrogens with one attached hydrogen (secondary N) is 1. The summed E-state index contributed by atoms with van der Waals surface area (Å²) in [6.07, 6.45) is 2.16. The average Bonchev–Trinajstić information content (AvgIpc) is 2.33. The van der Waals surface area contributed by atoms with Crippen molar-refractivity contribution in [2.24, 2.45) is 0 Å². The molecule has 1 aromatic rings. The molecule has 0 spiro atoms. The predicted octanol–water partition coefficient (Wildman–Crippen LogP) is 3.37. The van der Waals surface area contributed by atoms with Gasteiger partial charge in [-0.3, -0.25) is 0 Å². The SMILES string of the molecule is CSCCN(C)Cc1cccc(CNC(C)(C)C)c1. The normalized spacial score (nSPS) is 12.1. The number of hydrogen-bond acceptors (Lipinski definition) is 3. The van der Waals surface area contributed by atoms with E-state index in [0.29, 0.717) is 0 Å². The third-order valence-corrected chi connectivity index (χ3v) is 3.53. The fraction of sp³-hybridized carbons (Fsp3) is 0.625. The van der Waals surface area contributed by atoms with Crippen LogP contribution in [-0.2, 0) is 13.1 Å². The van der Waals surface area contributed by atoms with Crippen LogP contribution in [0, 0.1) is 0 Å². The van der Waals surface area contributed by atoms with Crippen molar-refractivity contribution in [3.05, 3.63) is 35.4 Å². The highest BCUT2D eigenvalue weighted by Gasteiger charge is 2.08. The fourth-order valence-corrected chi connectivity index (χ4v) is 2.34. The Morgan fingerprint density at radius 1 is 1.21 bits per heavy atom. The van der Waals surface area contributed by atoms with Gasteiger partial charge < -0.3 is 10.2 Å². The molecule has 1 rings (SSSR count). The largest absolute Gasteiger partial charge is 0.308 e. The fourth-order valence-electron chi connectivity index (χ4n) is 1.84. The lowest BCUT2D eigenvalue weighted by atomic mass is 10.1. The second-order valence-electron chi connectivity index (χ2n) is 6.15. The van der Waals surface area contributed by atoms with Crippen LogP contribution in [-0.4, -0.2) is 36.0 Å². The summed E-state index contributed by atoms with van der Waals surface area (Å²) >= 11 is 1.90. The summed E-state index contributed by atoms with van der Waals surface area (Å²) in [7, 11) is 2.19. The number of hydrogen-bond donors (Lipinski definition) is 1. The number of thioether (sulfide) groups is 1. The van der Waals surface area contributed by atoms with E-state index in [1.54, 1.807) is 0 Å². The zero-order valence-electron chi connectivity index (χ0n) is 13.0. The molecule has 2 nitrogen and oxygen atoms in total. The van der Waals surface area contributed by atoms with Gasteiger partial charge in [-0.15, -0.1) is 0 Å². The number of nitrogens with zero attached hydrogens (tertiary/aromatic N) is 1. The monoisotopic (exact) mass is 280 g/mol. The van der Waals surface area contributed by atoms with Crippen molar-refractivity contribution in [3.8, 4) is 0 Å². The molecule has 0 saturated carbocycles. The Morgan fingerprint density at radius 2 is 1.89 bits per heavy atom. The van der Waals surface area contributed by atoms with Gasteiger partial charge in [0.1, 0.15) is 0 Å². The molecule has 0 radical (unpaired) electrons. The van der Waals surface area contributed by atoms with E-state index in [0.717, 1.165) is 19.6 Å². The summed E-state index contributed by atoms with van der Waals surface area (Å²) in [5, 5.41) is 3.54. The molecular weight excluding hydrogens is 252 g/mol. The summed E-state index contributed by atoms with van der Waals surface area (Å²) in [6.45, 7) is 9.72. The Kier molecular flexibility index (Phi) is 6.90. The zero-order chi connectivity index (χ0) is 14.3. The maximum Gasteiger partial charge on any atom is 0.0231 e. The van der Waals surface area contributed by atoms with Crippen LogP contribution >= 0.6 is 11.8 Å². The lowest BCUT2D eigenvalue weighted by molar-refractivity contribution is 0.348. The Hall–Kier alpha value is -0.510. The van der Waals surface area contributed by atoms with Crippen LogP contribution in [0.25, 0.3) is 0 Å². The van der Waals surface area contributed by atoms with E-state index in [1.807, 2.05) is 11.8 Å². The standard InChI is InChI=1S/C16H28N2S/c1-16(2,3)17-12-14-7-6-8-15(11-14)13-18(4)9-10-19-5/h6-8,11,17H,9-10,12-13H2,1-5H3. The van der Waals surface area contributed by atoms with Crippen molar-refractivity contribution in [2.45, 2.75) is 39.4 Å². The Labute approximate surface area is 123 Å². The van der Waals surface area contributed by atoms with E-state index in [2.05, 4.69) is 68.6 Å². The molecule has 0 atom stereocenters. The lowest BCUT2D eigenvalue weighted by Crippen LogP contribution is -2.35. The van der Waals surface area contributed by atoms with Gasteiger partial charge in [-0.05, 0) is 45.2 Å². The van der Waals surface area contributed by atoms with Crippen LogP contribution in [0.4, 0.5) is 0 Å². The minimum Gasteiger partial charge on any atom is -0.308 e. The molecule has 1 N–H and O–H groups in total. The molecule has 3 heteroatoms. The van der Waals surface area contributed by atoms with Gasteiger partial charge in [0, 0.05) is 30.9 Å². The van der Waals surface area contributed by atoms with E-state index in [9.17, 15) is 0 Å². The second kappa shape index (κ2) is 7.93. The van der Waals surface area contributed by atoms with Gasteiger partial charge in [0.05, 0.1) is 0 Å². The van der Waals surface area contributed by atoms with Crippen molar-refractivity contribution in [2.75, 3.05) is 25.6 Å². The minimum atomic E-state index is 0.172. The number of benzene rings is 1. The molecule has 1 aromatic carbocycles. The molecule has 0 amide bonds. The average molecular weight is 280 g/mol. The zero-order valence-corrected chi connectivity index (χ0v) is 13.8. The van der Waals surface area contributed by atoms with Crippen LogP contribution in [0.1, 0.15) is 31.9 Å². The van der Waals surface area contributed by atoms with Gasteiger partial charge >= 0.3 is 0 Å². The Morgan fingerprint density at radius 3 is 2.53 bits per heavy atom. The van der Waals surface area contributed by atoms with Crippen molar-refractivity contribution in [1.82, 2.24) is 10.2 Å². The van der Waals surface area contributed by atoms with Crippen molar-refractivity contribution >= 4 is 11.8 Å². The minimum absolute atomic E-state index is 0.172. The van der Waals surface area contributed by atoms with E-state index in [-0.39, 0.29) is 5.54 Å². The molecule has 0 fully saturated rings. The van der Waals surface area contributed by atoms with Gasteiger partial charge in [0.2, 0.25) is 0 Å². The molecular formula is C16H28N2S. The van der Waals surface area contributed by atoms with E-state index >= 15 is 0 Å². The third-order valence-electron chi connectivity index (χ3n) is 2.94. The van der Waals surface area contributed by atoms with E-state index in [4.69, 9.17) is 0 Å². The van der Waals surface area contributed by atoms with Crippen molar-refractivity contribution in [3.63, 3.8) is 0 Å². The molecule has 0 heterocycles. The summed E-state index contributed by atoms with van der Waals surface area (Å²) < 4.78 is 0. The first kappa shape index (κ1) is 16.5. The molecule has 0 aliphatic rings. The van der Waals surface area contributed by atoms with Crippen LogP contribution in [0.2, 0.25) is 0 Å². The second-order valence-corrected chi connectivity index (χ2v) is 7.14. The van der Waals surface area contributed by atoms with Crippen molar-refractivity contribution < 1.29 is 0 Å².